The van der Waals surface area contributed by atoms with Crippen molar-refractivity contribution in [2.45, 2.75) is 24.8 Å². The molecule has 2 aliphatic rings. The van der Waals surface area contributed by atoms with Crippen molar-refractivity contribution in [1.82, 2.24) is 14.3 Å². The molecular formula is C31H36N6O4S. The number of anilines is 1. The number of nitrogens with zero attached hydrogens (tertiary/aromatic N) is 4. The zero-order valence-corrected chi connectivity index (χ0v) is 24.7. The van der Waals surface area contributed by atoms with Gasteiger partial charge in [-0.15, -0.1) is 0 Å². The number of benzene rings is 3. The predicted octanol–water partition coefficient (Wildman–Crippen LogP) is 3.63. The number of hydrogen-bond donors (Lipinski definition) is 2. The molecule has 1 amide bonds. The van der Waals surface area contributed by atoms with Gasteiger partial charge in [-0.25, -0.2) is 18.5 Å². The first-order valence-electron chi connectivity index (χ1n) is 13.9. The lowest BCUT2D eigenvalue weighted by atomic mass is 10.0. The summed E-state index contributed by atoms with van der Waals surface area (Å²) >= 11 is 0. The molecule has 0 unspecified atom stereocenters. The maximum atomic E-state index is 13.4. The van der Waals surface area contributed by atoms with Crippen LogP contribution in [0.15, 0.2) is 82.2 Å². The molecule has 0 atom stereocenters. The number of carbonyl (C=O) groups is 1. The standard InChI is InChI=1S/C31H36N6O4S/c1-3-37(41-21-22-4-10-27(32)11-5-22)31(38)26-18-25-7-6-24(19-29(25)34-30(33)20-26)23-8-12-28(13-9-23)42(39,40)36-16-14-35(2)15-17-36/h4-13,18-19H,3,14-17,20-21,32H2,1-2H3,(H2,33,34). The summed E-state index contributed by atoms with van der Waals surface area (Å²) in [6.45, 7) is 4.81. The first-order valence-corrected chi connectivity index (χ1v) is 15.3. The van der Waals surface area contributed by atoms with Gasteiger partial charge in [0.25, 0.3) is 5.91 Å². The number of amides is 1. The van der Waals surface area contributed by atoms with Crippen molar-refractivity contribution in [3.63, 3.8) is 0 Å². The van der Waals surface area contributed by atoms with E-state index in [2.05, 4.69) is 9.89 Å². The summed E-state index contributed by atoms with van der Waals surface area (Å²) in [5.74, 6) is 0.0360. The number of hydrogen-bond acceptors (Lipinski definition) is 8. The lowest BCUT2D eigenvalue weighted by molar-refractivity contribution is -0.185. The number of aliphatic imine (C=N–C) groups is 1. The van der Waals surface area contributed by atoms with Crippen molar-refractivity contribution in [2.24, 2.45) is 10.7 Å². The Kier molecular flexibility index (Phi) is 8.74. The first-order chi connectivity index (χ1) is 20.1. The molecule has 1 saturated heterocycles. The van der Waals surface area contributed by atoms with Crippen LogP contribution in [0.1, 0.15) is 24.5 Å². The predicted molar refractivity (Wildman–Crippen MR) is 165 cm³/mol. The molecule has 0 saturated carbocycles. The fourth-order valence-electron chi connectivity index (χ4n) is 4.92. The average Bonchev–Trinajstić information content (AvgIpc) is 3.16. The molecular weight excluding hydrogens is 552 g/mol. The Balaban J connectivity index is 1.33. The van der Waals surface area contributed by atoms with Gasteiger partial charge < -0.3 is 16.4 Å². The van der Waals surface area contributed by atoms with Crippen LogP contribution in [-0.2, 0) is 26.3 Å². The van der Waals surface area contributed by atoms with Crippen LogP contribution < -0.4 is 11.5 Å². The Bertz CT molecular complexity index is 1610. The number of amidine groups is 1. The molecule has 3 aromatic rings. The van der Waals surface area contributed by atoms with E-state index < -0.39 is 10.0 Å². The van der Waals surface area contributed by atoms with Gasteiger partial charge in [0.2, 0.25) is 10.0 Å². The van der Waals surface area contributed by atoms with E-state index in [9.17, 15) is 13.2 Å². The van der Waals surface area contributed by atoms with Gasteiger partial charge >= 0.3 is 0 Å². The number of likely N-dealkylation sites (N-methyl/N-ethyl adjacent to an activating group) is 2. The average molecular weight is 589 g/mol. The van der Waals surface area contributed by atoms with Crippen LogP contribution in [0.4, 0.5) is 11.4 Å². The smallest absolute Gasteiger partial charge is 0.273 e. The minimum atomic E-state index is -3.55. The molecule has 4 N–H and O–H groups in total. The molecule has 3 aromatic carbocycles. The Hall–Kier alpha value is -4.03. The molecule has 10 nitrogen and oxygen atoms in total. The summed E-state index contributed by atoms with van der Waals surface area (Å²) < 4.78 is 27.8. The molecule has 42 heavy (non-hydrogen) atoms. The van der Waals surface area contributed by atoms with Gasteiger partial charge in [-0.2, -0.15) is 4.31 Å². The summed E-state index contributed by atoms with van der Waals surface area (Å²) in [5, 5.41) is 1.33. The summed E-state index contributed by atoms with van der Waals surface area (Å²) in [6, 6.07) is 19.9. The number of carbonyl (C=O) groups excluding carboxylic acids is 1. The van der Waals surface area contributed by atoms with Crippen molar-refractivity contribution >= 4 is 39.2 Å². The van der Waals surface area contributed by atoms with E-state index in [-0.39, 0.29) is 23.8 Å². The molecule has 0 aliphatic carbocycles. The lowest BCUT2D eigenvalue weighted by Gasteiger charge is -2.31. The minimum absolute atomic E-state index is 0.184. The number of hydroxylamine groups is 2. The van der Waals surface area contributed by atoms with Crippen LogP contribution in [0.25, 0.3) is 17.2 Å². The van der Waals surface area contributed by atoms with E-state index in [1.165, 1.54) is 9.37 Å². The summed E-state index contributed by atoms with van der Waals surface area (Å²) in [7, 11) is -1.56. The minimum Gasteiger partial charge on any atom is -0.399 e. The van der Waals surface area contributed by atoms with Crippen LogP contribution in [-0.4, -0.2) is 74.2 Å². The SMILES string of the molecule is CCN(OCc1ccc(N)cc1)C(=O)C1=Cc2ccc(-c3ccc(S(=O)(=O)N4CCN(C)CC4)cc3)cc2N=C(N)C1. The Labute approximate surface area is 246 Å². The fraction of sp³-hybridized carbons (Fsp3) is 0.290. The number of piperazine rings is 1. The second-order valence-corrected chi connectivity index (χ2v) is 12.4. The molecule has 0 aromatic heterocycles. The van der Waals surface area contributed by atoms with Crippen molar-refractivity contribution in [1.29, 1.82) is 0 Å². The van der Waals surface area contributed by atoms with Crippen molar-refractivity contribution in [3.8, 4) is 11.1 Å². The Morgan fingerprint density at radius 3 is 2.29 bits per heavy atom. The highest BCUT2D eigenvalue weighted by Gasteiger charge is 2.27. The zero-order chi connectivity index (χ0) is 29.9. The quantitative estimate of drug-likeness (QED) is 0.303. The first kappa shape index (κ1) is 29.5. The van der Waals surface area contributed by atoms with E-state index in [1.807, 2.05) is 44.3 Å². The molecule has 2 heterocycles. The molecule has 220 valence electrons. The molecule has 0 spiro atoms. The Morgan fingerprint density at radius 2 is 1.62 bits per heavy atom. The third-order valence-corrected chi connectivity index (χ3v) is 9.35. The molecule has 5 rings (SSSR count). The maximum absolute atomic E-state index is 13.4. The number of nitrogens with two attached hydrogens (primary N) is 2. The summed E-state index contributed by atoms with van der Waals surface area (Å²) in [5.41, 5.74) is 17.1. The van der Waals surface area contributed by atoms with Gasteiger partial charge in [-0.1, -0.05) is 36.4 Å². The largest absolute Gasteiger partial charge is 0.399 e. The van der Waals surface area contributed by atoms with E-state index in [4.69, 9.17) is 16.3 Å². The molecule has 1 fully saturated rings. The van der Waals surface area contributed by atoms with E-state index >= 15 is 0 Å². The van der Waals surface area contributed by atoms with Crippen molar-refractivity contribution in [2.75, 3.05) is 45.5 Å². The lowest BCUT2D eigenvalue weighted by Crippen LogP contribution is -2.46. The third-order valence-electron chi connectivity index (χ3n) is 7.44. The molecule has 2 aliphatic heterocycles. The van der Waals surface area contributed by atoms with Crippen LogP contribution in [0.2, 0.25) is 0 Å². The van der Waals surface area contributed by atoms with Gasteiger partial charge in [-0.3, -0.25) is 9.63 Å². The molecule has 0 bridgehead atoms. The third kappa shape index (κ3) is 6.55. The highest BCUT2D eigenvalue weighted by atomic mass is 32.2. The van der Waals surface area contributed by atoms with Crippen molar-refractivity contribution < 1.29 is 18.0 Å². The van der Waals surface area contributed by atoms with E-state index in [0.29, 0.717) is 55.5 Å². The van der Waals surface area contributed by atoms with Gasteiger partial charge in [0, 0.05) is 56.0 Å². The molecule has 11 heteroatoms. The highest BCUT2D eigenvalue weighted by Crippen LogP contribution is 2.33. The number of rotatable bonds is 8. The topological polar surface area (TPSA) is 135 Å². The van der Waals surface area contributed by atoms with Crippen LogP contribution in [0, 0.1) is 0 Å². The number of nitrogen functional groups attached to an aromatic ring is 1. The van der Waals surface area contributed by atoms with Crippen LogP contribution >= 0.6 is 0 Å². The van der Waals surface area contributed by atoms with Crippen LogP contribution in [0.3, 0.4) is 0 Å². The second kappa shape index (κ2) is 12.5. The maximum Gasteiger partial charge on any atom is 0.273 e. The Morgan fingerprint density at radius 1 is 0.952 bits per heavy atom. The van der Waals surface area contributed by atoms with Gasteiger partial charge in [0.05, 0.1) is 10.6 Å². The summed E-state index contributed by atoms with van der Waals surface area (Å²) in [6.07, 6.45) is 1.98. The van der Waals surface area contributed by atoms with E-state index in [1.54, 1.807) is 42.5 Å². The fourth-order valence-corrected chi connectivity index (χ4v) is 6.35. The van der Waals surface area contributed by atoms with Gasteiger partial charge in [0.1, 0.15) is 12.4 Å². The van der Waals surface area contributed by atoms with E-state index in [0.717, 1.165) is 22.3 Å². The number of fused-ring (bicyclic) bond motifs is 1. The zero-order valence-electron chi connectivity index (χ0n) is 23.9. The monoisotopic (exact) mass is 588 g/mol. The normalized spacial score (nSPS) is 16.2. The highest BCUT2D eigenvalue weighted by molar-refractivity contribution is 7.89. The van der Waals surface area contributed by atoms with Crippen LogP contribution in [0.5, 0.6) is 0 Å². The van der Waals surface area contributed by atoms with Gasteiger partial charge in [-0.05, 0) is 67.1 Å². The summed E-state index contributed by atoms with van der Waals surface area (Å²) in [4.78, 5) is 26.2. The second-order valence-electron chi connectivity index (χ2n) is 10.5. The molecule has 0 radical (unpaired) electrons. The number of sulfonamides is 1. The van der Waals surface area contributed by atoms with Crippen molar-refractivity contribution in [3.05, 3.63) is 83.4 Å². The van der Waals surface area contributed by atoms with Gasteiger partial charge in [0.15, 0.2) is 0 Å².